The molecule has 0 radical (unpaired) electrons. The molecule has 0 aliphatic rings. The first-order valence-electron chi connectivity index (χ1n) is 2.61. The fourth-order valence-electron chi connectivity index (χ4n) is 0.333. The molecular formula is C4H9BN6. The molecule has 2 N–H and O–H groups in total. The highest BCUT2D eigenvalue weighted by Crippen LogP contribution is 1.56. The molecule has 0 aromatic carbocycles. The minimum absolute atomic E-state index is 0. The molecule has 58 valence electrons. The summed E-state index contributed by atoms with van der Waals surface area (Å²) in [5.74, 6) is 0. The maximum atomic E-state index is 3.42. The van der Waals surface area contributed by atoms with Gasteiger partial charge in [0.2, 0.25) is 0 Å². The van der Waals surface area contributed by atoms with Crippen molar-refractivity contribution in [2.45, 2.75) is 0 Å². The van der Waals surface area contributed by atoms with Crippen molar-refractivity contribution in [3.63, 3.8) is 0 Å². The monoisotopic (exact) mass is 152 g/mol. The second kappa shape index (κ2) is 6.46. The number of rotatable bonds is 0. The lowest BCUT2D eigenvalue weighted by Crippen LogP contribution is -1.61. The van der Waals surface area contributed by atoms with Crippen LogP contribution in [0.4, 0.5) is 0 Å². The largest absolute Gasteiger partial charge is 0.266 e. The van der Waals surface area contributed by atoms with Gasteiger partial charge < -0.3 is 0 Å². The average Bonchev–Trinajstić information content (AvgIpc) is 2.67. The zero-order valence-electron chi connectivity index (χ0n) is 5.10. The van der Waals surface area contributed by atoms with Crippen molar-refractivity contribution in [3.05, 3.63) is 24.8 Å². The molecule has 0 saturated heterocycles. The summed E-state index contributed by atoms with van der Waals surface area (Å²) in [6.07, 6.45) is 6.47. The van der Waals surface area contributed by atoms with Crippen LogP contribution in [0.3, 0.4) is 0 Å². The topological polar surface area (TPSA) is 83.1 Å². The van der Waals surface area contributed by atoms with Crippen LogP contribution in [-0.4, -0.2) is 39.2 Å². The van der Waals surface area contributed by atoms with Crippen molar-refractivity contribution >= 4 is 8.41 Å². The van der Waals surface area contributed by atoms with Gasteiger partial charge in [-0.2, -0.15) is 0 Å². The molecule has 0 bridgehead atoms. The lowest BCUT2D eigenvalue weighted by Gasteiger charge is -1.46. The SMILES string of the molecule is B.c1c[nH]nn1.c1c[nH]nn1. The zero-order valence-corrected chi connectivity index (χ0v) is 5.10. The molecule has 0 amide bonds. The number of nitrogens with one attached hydrogen (secondary N) is 2. The molecule has 0 unspecified atom stereocenters. The first-order chi connectivity index (χ1) is 5.00. The van der Waals surface area contributed by atoms with Crippen LogP contribution in [0.1, 0.15) is 0 Å². The van der Waals surface area contributed by atoms with E-state index in [1.165, 1.54) is 0 Å². The molecule has 2 heterocycles. The van der Waals surface area contributed by atoms with Crippen LogP contribution in [0.25, 0.3) is 0 Å². The zero-order chi connectivity index (χ0) is 7.07. The van der Waals surface area contributed by atoms with Crippen LogP contribution in [0.5, 0.6) is 0 Å². The van der Waals surface area contributed by atoms with E-state index < -0.39 is 0 Å². The Labute approximate surface area is 65.0 Å². The van der Waals surface area contributed by atoms with Crippen molar-refractivity contribution in [2.75, 3.05) is 0 Å². The number of hydrogen-bond donors (Lipinski definition) is 2. The fraction of sp³-hybridized carbons (Fsp3) is 0. The normalized spacial score (nSPS) is 7.27. The average molecular weight is 152 g/mol. The summed E-state index contributed by atoms with van der Waals surface area (Å²) in [5, 5.41) is 18.5. The van der Waals surface area contributed by atoms with Crippen LogP contribution in [-0.2, 0) is 0 Å². The Balaban J connectivity index is 0.000000167. The van der Waals surface area contributed by atoms with Gasteiger partial charge in [0.1, 0.15) is 0 Å². The highest BCUT2D eigenvalue weighted by molar-refractivity contribution is 5.75. The molecular weight excluding hydrogens is 143 g/mol. The van der Waals surface area contributed by atoms with Gasteiger partial charge in [-0.1, -0.05) is 10.4 Å². The molecule has 7 heteroatoms. The highest BCUT2D eigenvalue weighted by atomic mass is 15.3. The third kappa shape index (κ3) is 4.82. The van der Waals surface area contributed by atoms with E-state index in [-0.39, 0.29) is 8.41 Å². The fourth-order valence-corrected chi connectivity index (χ4v) is 0.333. The van der Waals surface area contributed by atoms with E-state index in [9.17, 15) is 0 Å². The smallest absolute Gasteiger partial charge is 0.0814 e. The third-order valence-electron chi connectivity index (χ3n) is 0.662. The standard InChI is InChI=1S/2C2H3N3.BH3/c2*1-2-4-5-3-1;/h2*1-2H,(H,3,4,5);1H3. The van der Waals surface area contributed by atoms with Gasteiger partial charge in [-0.15, -0.1) is 10.2 Å². The second-order valence-electron chi connectivity index (χ2n) is 1.32. The Kier molecular flexibility index (Phi) is 5.49. The van der Waals surface area contributed by atoms with E-state index in [0.717, 1.165) is 0 Å². The van der Waals surface area contributed by atoms with E-state index in [0.29, 0.717) is 0 Å². The first kappa shape index (κ1) is 9.34. The quantitative estimate of drug-likeness (QED) is 0.446. The Hall–Kier alpha value is -1.66. The van der Waals surface area contributed by atoms with E-state index in [1.54, 1.807) is 24.8 Å². The Morgan fingerprint density at radius 1 is 0.818 bits per heavy atom. The van der Waals surface area contributed by atoms with E-state index >= 15 is 0 Å². The van der Waals surface area contributed by atoms with Crippen molar-refractivity contribution in [1.82, 2.24) is 30.8 Å². The Bertz CT molecular complexity index is 154. The van der Waals surface area contributed by atoms with Crippen LogP contribution < -0.4 is 0 Å². The molecule has 2 aromatic heterocycles. The maximum Gasteiger partial charge on any atom is 0.0814 e. The number of hydrogen-bond acceptors (Lipinski definition) is 4. The van der Waals surface area contributed by atoms with Gasteiger partial charge >= 0.3 is 0 Å². The van der Waals surface area contributed by atoms with Crippen molar-refractivity contribution < 1.29 is 0 Å². The number of aromatic nitrogens is 6. The minimum atomic E-state index is 0. The first-order valence-corrected chi connectivity index (χ1v) is 2.61. The van der Waals surface area contributed by atoms with Gasteiger partial charge in [0, 0.05) is 12.4 Å². The maximum absolute atomic E-state index is 3.42. The minimum Gasteiger partial charge on any atom is -0.266 e. The summed E-state index contributed by atoms with van der Waals surface area (Å²) in [4.78, 5) is 0. The molecule has 2 aromatic rings. The predicted octanol–water partition coefficient (Wildman–Crippen LogP) is -1.57. The summed E-state index contributed by atoms with van der Waals surface area (Å²) in [5.41, 5.74) is 0. The Morgan fingerprint density at radius 3 is 1.36 bits per heavy atom. The van der Waals surface area contributed by atoms with Gasteiger partial charge in [-0.05, 0) is 0 Å². The molecule has 0 atom stereocenters. The molecule has 11 heavy (non-hydrogen) atoms. The van der Waals surface area contributed by atoms with E-state index in [1.807, 2.05) is 0 Å². The molecule has 0 aliphatic carbocycles. The van der Waals surface area contributed by atoms with Gasteiger partial charge in [0.05, 0.1) is 20.8 Å². The van der Waals surface area contributed by atoms with E-state index in [4.69, 9.17) is 0 Å². The summed E-state index contributed by atoms with van der Waals surface area (Å²) in [7, 11) is 0. The molecule has 0 saturated carbocycles. The molecule has 0 aliphatic heterocycles. The summed E-state index contributed by atoms with van der Waals surface area (Å²) in [6, 6.07) is 0. The predicted molar refractivity (Wildman–Crippen MR) is 42.7 cm³/mol. The van der Waals surface area contributed by atoms with Crippen LogP contribution in [0, 0.1) is 0 Å². The Morgan fingerprint density at radius 2 is 1.27 bits per heavy atom. The molecule has 0 fully saturated rings. The number of aromatic amines is 2. The van der Waals surface area contributed by atoms with Crippen LogP contribution in [0.2, 0.25) is 0 Å². The van der Waals surface area contributed by atoms with Crippen molar-refractivity contribution in [2.24, 2.45) is 0 Å². The van der Waals surface area contributed by atoms with Crippen molar-refractivity contribution in [1.29, 1.82) is 0 Å². The van der Waals surface area contributed by atoms with Crippen LogP contribution in [0.15, 0.2) is 24.8 Å². The number of nitrogens with zero attached hydrogens (tertiary/aromatic N) is 4. The highest BCUT2D eigenvalue weighted by Gasteiger charge is 1.58. The lowest BCUT2D eigenvalue weighted by atomic mass is 10.8. The lowest BCUT2D eigenvalue weighted by molar-refractivity contribution is 0.940. The third-order valence-corrected chi connectivity index (χ3v) is 0.662. The van der Waals surface area contributed by atoms with Gasteiger partial charge in [0.25, 0.3) is 0 Å². The molecule has 6 nitrogen and oxygen atoms in total. The summed E-state index contributed by atoms with van der Waals surface area (Å²) in [6.45, 7) is 0. The van der Waals surface area contributed by atoms with Gasteiger partial charge in [0.15, 0.2) is 0 Å². The van der Waals surface area contributed by atoms with Gasteiger partial charge in [-0.25, -0.2) is 0 Å². The summed E-state index contributed by atoms with van der Waals surface area (Å²) >= 11 is 0. The van der Waals surface area contributed by atoms with Gasteiger partial charge in [-0.3, -0.25) is 10.2 Å². The van der Waals surface area contributed by atoms with E-state index in [2.05, 4.69) is 30.8 Å². The molecule has 2 rings (SSSR count). The van der Waals surface area contributed by atoms with Crippen LogP contribution >= 0.6 is 0 Å². The summed E-state index contributed by atoms with van der Waals surface area (Å²) < 4.78 is 0. The van der Waals surface area contributed by atoms with Crippen molar-refractivity contribution in [3.8, 4) is 0 Å². The number of H-pyrrole nitrogens is 2. The molecule has 0 spiro atoms. The second-order valence-corrected chi connectivity index (χ2v) is 1.32.